The van der Waals surface area contributed by atoms with Gasteiger partial charge < -0.3 is 10.0 Å². The van der Waals surface area contributed by atoms with Gasteiger partial charge in [0.2, 0.25) is 4.96 Å². The van der Waals surface area contributed by atoms with Crippen molar-refractivity contribution in [1.29, 1.82) is 0 Å². The average Bonchev–Trinajstić information content (AvgIpc) is 3.17. The molecule has 0 aliphatic carbocycles. The van der Waals surface area contributed by atoms with Gasteiger partial charge in [0.15, 0.2) is 5.82 Å². The monoisotopic (exact) mass is 321 g/mol. The first kappa shape index (κ1) is 14.1. The minimum Gasteiger partial charge on any atom is -0.423 e. The van der Waals surface area contributed by atoms with E-state index in [1.807, 2.05) is 46.2 Å². The first-order valence-electron chi connectivity index (χ1n) is 7.08. The van der Waals surface area contributed by atoms with E-state index in [-0.39, 0.29) is 0 Å². The highest BCUT2D eigenvalue weighted by molar-refractivity contribution is 7.15. The Morgan fingerprint density at radius 3 is 2.48 bits per heavy atom. The van der Waals surface area contributed by atoms with Crippen LogP contribution in [0.1, 0.15) is 0 Å². The molecule has 0 amide bonds. The highest BCUT2D eigenvalue weighted by Gasteiger charge is 2.17. The lowest BCUT2D eigenvalue weighted by molar-refractivity contribution is 0.426. The summed E-state index contributed by atoms with van der Waals surface area (Å²) >= 11 is 1.53. The average molecular weight is 321 g/mol. The van der Waals surface area contributed by atoms with Crippen molar-refractivity contribution in [2.45, 2.75) is 0 Å². The topological polar surface area (TPSA) is 70.7 Å². The molecule has 23 heavy (non-hydrogen) atoms. The minimum atomic E-state index is -1.51. The molecule has 5 nitrogen and oxygen atoms in total. The van der Waals surface area contributed by atoms with Gasteiger partial charge in [-0.05, 0) is 11.0 Å². The fourth-order valence-corrected chi connectivity index (χ4v) is 3.39. The summed E-state index contributed by atoms with van der Waals surface area (Å²) in [6.07, 6.45) is 0. The summed E-state index contributed by atoms with van der Waals surface area (Å²) in [6, 6.07) is 17.1. The van der Waals surface area contributed by atoms with Gasteiger partial charge in [0.1, 0.15) is 0 Å². The zero-order chi connectivity index (χ0) is 15.8. The van der Waals surface area contributed by atoms with Crippen LogP contribution in [-0.4, -0.2) is 31.8 Å². The van der Waals surface area contributed by atoms with Crippen LogP contribution >= 0.6 is 11.3 Å². The summed E-state index contributed by atoms with van der Waals surface area (Å²) in [5.74, 6) is 0.683. The zero-order valence-electron chi connectivity index (χ0n) is 12.0. The van der Waals surface area contributed by atoms with Crippen LogP contribution in [-0.2, 0) is 0 Å². The molecule has 0 aliphatic rings. The zero-order valence-corrected chi connectivity index (χ0v) is 12.8. The number of rotatable bonds is 3. The fraction of sp³-hybridized carbons (Fsp3) is 0. The minimum absolute atomic E-state index is 0.427. The maximum Gasteiger partial charge on any atom is 0.488 e. The lowest BCUT2D eigenvalue weighted by Gasteiger charge is -2.05. The van der Waals surface area contributed by atoms with E-state index in [9.17, 15) is 10.0 Å². The second-order valence-electron chi connectivity index (χ2n) is 5.13. The van der Waals surface area contributed by atoms with E-state index in [1.54, 1.807) is 18.2 Å². The maximum absolute atomic E-state index is 9.37. The largest absolute Gasteiger partial charge is 0.488 e. The van der Waals surface area contributed by atoms with E-state index in [4.69, 9.17) is 0 Å². The van der Waals surface area contributed by atoms with Crippen LogP contribution in [0.15, 0.2) is 60.0 Å². The number of benzene rings is 2. The standard InChI is InChI=1S/C16H12BN3O2S/c21-17(22)13-8-4-7-12(9-13)15-18-19-16-20(15)14(10-23-16)11-5-2-1-3-6-11/h1-10,21-22H. The third-order valence-corrected chi connectivity index (χ3v) is 4.48. The number of nitrogens with zero attached hydrogens (tertiary/aromatic N) is 3. The van der Waals surface area contributed by atoms with E-state index in [1.165, 1.54) is 11.3 Å². The maximum atomic E-state index is 9.37. The van der Waals surface area contributed by atoms with Gasteiger partial charge in [-0.2, -0.15) is 0 Å². The molecule has 2 aromatic heterocycles. The highest BCUT2D eigenvalue weighted by atomic mass is 32.1. The molecule has 7 heteroatoms. The molecular formula is C16H12BN3O2S. The van der Waals surface area contributed by atoms with Crippen molar-refractivity contribution in [3.05, 3.63) is 60.0 Å². The molecule has 2 aromatic carbocycles. The van der Waals surface area contributed by atoms with Crippen molar-refractivity contribution in [2.24, 2.45) is 0 Å². The Kier molecular flexibility index (Phi) is 3.46. The first-order valence-corrected chi connectivity index (χ1v) is 7.96. The van der Waals surface area contributed by atoms with E-state index in [0.29, 0.717) is 11.3 Å². The lowest BCUT2D eigenvalue weighted by atomic mass is 9.79. The SMILES string of the molecule is OB(O)c1cccc(-c2nnc3scc(-c4ccccc4)n23)c1. The fourth-order valence-electron chi connectivity index (χ4n) is 2.56. The number of hydrogen-bond acceptors (Lipinski definition) is 5. The predicted octanol–water partition coefficient (Wildman–Crippen LogP) is 1.80. The third-order valence-electron chi connectivity index (χ3n) is 3.66. The predicted molar refractivity (Wildman–Crippen MR) is 91.6 cm³/mol. The van der Waals surface area contributed by atoms with Crippen LogP contribution in [0.5, 0.6) is 0 Å². The van der Waals surface area contributed by atoms with Crippen LogP contribution in [0.3, 0.4) is 0 Å². The highest BCUT2D eigenvalue weighted by Crippen LogP contribution is 2.29. The molecular weight excluding hydrogens is 309 g/mol. The summed E-state index contributed by atoms with van der Waals surface area (Å²) in [4.78, 5) is 0.800. The van der Waals surface area contributed by atoms with Crippen molar-refractivity contribution in [3.63, 3.8) is 0 Å². The van der Waals surface area contributed by atoms with Crippen LogP contribution < -0.4 is 5.46 Å². The van der Waals surface area contributed by atoms with E-state index < -0.39 is 7.12 Å². The van der Waals surface area contributed by atoms with Crippen molar-refractivity contribution in [3.8, 4) is 22.6 Å². The second kappa shape index (κ2) is 5.62. The Balaban J connectivity index is 1.92. The van der Waals surface area contributed by atoms with Gasteiger partial charge in [0.25, 0.3) is 0 Å². The summed E-state index contributed by atoms with van der Waals surface area (Å²) in [6.45, 7) is 0. The number of hydrogen-bond donors (Lipinski definition) is 2. The van der Waals surface area contributed by atoms with Gasteiger partial charge in [0.05, 0.1) is 5.69 Å². The van der Waals surface area contributed by atoms with Crippen LogP contribution in [0, 0.1) is 0 Å². The molecule has 0 aliphatic heterocycles. The molecule has 0 fully saturated rings. The molecule has 0 saturated heterocycles. The van der Waals surface area contributed by atoms with Crippen LogP contribution in [0.2, 0.25) is 0 Å². The Labute approximate surface area is 136 Å². The lowest BCUT2D eigenvalue weighted by Crippen LogP contribution is -2.29. The molecule has 2 heterocycles. The van der Waals surface area contributed by atoms with Crippen molar-refractivity contribution >= 4 is 28.9 Å². The Morgan fingerprint density at radius 1 is 0.913 bits per heavy atom. The van der Waals surface area contributed by atoms with Gasteiger partial charge in [-0.15, -0.1) is 21.5 Å². The number of aromatic nitrogens is 3. The third kappa shape index (κ3) is 2.44. The quantitative estimate of drug-likeness (QED) is 0.565. The van der Waals surface area contributed by atoms with Crippen molar-refractivity contribution in [1.82, 2.24) is 14.6 Å². The molecule has 0 spiro atoms. The molecule has 4 aromatic rings. The Hall–Kier alpha value is -2.48. The molecule has 0 saturated carbocycles. The Morgan fingerprint density at radius 2 is 1.70 bits per heavy atom. The Bertz CT molecular complexity index is 966. The number of thiazole rings is 1. The summed E-state index contributed by atoms with van der Waals surface area (Å²) in [5.41, 5.74) is 3.31. The normalized spacial score (nSPS) is 11.0. The molecule has 0 unspecified atom stereocenters. The second-order valence-corrected chi connectivity index (χ2v) is 5.96. The van der Waals surface area contributed by atoms with Crippen molar-refractivity contribution in [2.75, 3.05) is 0 Å². The molecule has 2 N–H and O–H groups in total. The summed E-state index contributed by atoms with van der Waals surface area (Å²) in [7, 11) is -1.51. The van der Waals surface area contributed by atoms with Gasteiger partial charge in [-0.1, -0.05) is 54.6 Å². The van der Waals surface area contributed by atoms with Crippen molar-refractivity contribution < 1.29 is 10.0 Å². The summed E-state index contributed by atoms with van der Waals surface area (Å²) < 4.78 is 1.99. The van der Waals surface area contributed by atoms with Crippen LogP contribution in [0.4, 0.5) is 0 Å². The van der Waals surface area contributed by atoms with Gasteiger partial charge in [-0.3, -0.25) is 4.40 Å². The first-order chi connectivity index (χ1) is 11.2. The number of fused-ring (bicyclic) bond motifs is 1. The molecule has 0 bridgehead atoms. The molecule has 0 atom stereocenters. The summed E-state index contributed by atoms with van der Waals surface area (Å²) in [5, 5.41) is 29.3. The van der Waals surface area contributed by atoms with Crippen LogP contribution in [0.25, 0.3) is 27.6 Å². The van der Waals surface area contributed by atoms with E-state index in [2.05, 4.69) is 10.2 Å². The smallest absolute Gasteiger partial charge is 0.423 e. The molecule has 0 radical (unpaired) electrons. The molecule has 4 rings (SSSR count). The van der Waals surface area contributed by atoms with E-state index >= 15 is 0 Å². The molecule has 112 valence electrons. The van der Waals surface area contributed by atoms with Gasteiger partial charge >= 0.3 is 7.12 Å². The van der Waals surface area contributed by atoms with Gasteiger partial charge in [0, 0.05) is 10.9 Å². The van der Waals surface area contributed by atoms with Gasteiger partial charge in [-0.25, -0.2) is 0 Å². The van der Waals surface area contributed by atoms with E-state index in [0.717, 1.165) is 21.8 Å².